The molecule has 1 N–H and O–H groups in total. The van der Waals surface area contributed by atoms with Crippen molar-refractivity contribution in [2.45, 2.75) is 25.8 Å². The Labute approximate surface area is 124 Å². The van der Waals surface area contributed by atoms with Gasteiger partial charge in [-0.3, -0.25) is 4.79 Å². The van der Waals surface area contributed by atoms with Crippen LogP contribution >= 0.6 is 15.9 Å². The van der Waals surface area contributed by atoms with Crippen LogP contribution in [0.25, 0.3) is 0 Å². The maximum absolute atomic E-state index is 13.8. The lowest BCUT2D eigenvalue weighted by atomic mass is 9.92. The highest BCUT2D eigenvalue weighted by Gasteiger charge is 2.36. The maximum Gasteiger partial charge on any atom is 0.326 e. The number of carbonyl (C=O) groups excluding carboxylic acids is 1. The molecule has 6 heteroatoms. The van der Waals surface area contributed by atoms with Crippen molar-refractivity contribution < 1.29 is 19.1 Å². The van der Waals surface area contributed by atoms with Crippen LogP contribution in [0.15, 0.2) is 22.7 Å². The summed E-state index contributed by atoms with van der Waals surface area (Å²) >= 11 is 3.15. The second kappa shape index (κ2) is 5.91. The van der Waals surface area contributed by atoms with E-state index >= 15 is 0 Å². The number of hydrogen-bond acceptors (Lipinski definition) is 2. The van der Waals surface area contributed by atoms with Crippen LogP contribution in [0.4, 0.5) is 4.39 Å². The lowest BCUT2D eigenvalue weighted by Gasteiger charge is -2.36. The number of amides is 1. The molecule has 1 fully saturated rings. The molecule has 1 aliphatic heterocycles. The van der Waals surface area contributed by atoms with Crippen LogP contribution in [0, 0.1) is 11.7 Å². The highest BCUT2D eigenvalue weighted by molar-refractivity contribution is 9.10. The smallest absolute Gasteiger partial charge is 0.326 e. The van der Waals surface area contributed by atoms with E-state index in [9.17, 15) is 19.1 Å². The summed E-state index contributed by atoms with van der Waals surface area (Å²) in [4.78, 5) is 25.0. The van der Waals surface area contributed by atoms with Gasteiger partial charge in [0.2, 0.25) is 0 Å². The van der Waals surface area contributed by atoms with E-state index in [-0.39, 0.29) is 11.5 Å². The van der Waals surface area contributed by atoms with Crippen molar-refractivity contribution in [2.24, 2.45) is 5.92 Å². The summed E-state index contributed by atoms with van der Waals surface area (Å²) < 4.78 is 14.2. The highest BCUT2D eigenvalue weighted by atomic mass is 79.9. The average Bonchev–Trinajstić information content (AvgIpc) is 2.38. The van der Waals surface area contributed by atoms with Crippen molar-refractivity contribution in [3.63, 3.8) is 0 Å². The van der Waals surface area contributed by atoms with Crippen LogP contribution in [0.3, 0.4) is 0 Å². The third kappa shape index (κ3) is 2.85. The largest absolute Gasteiger partial charge is 0.480 e. The molecule has 0 bridgehead atoms. The molecule has 0 aromatic heterocycles. The molecule has 108 valence electrons. The summed E-state index contributed by atoms with van der Waals surface area (Å²) in [5, 5.41) is 9.26. The monoisotopic (exact) mass is 343 g/mol. The molecular weight excluding hydrogens is 329 g/mol. The van der Waals surface area contributed by atoms with Crippen molar-refractivity contribution in [3.05, 3.63) is 34.1 Å². The number of benzene rings is 1. The molecule has 1 amide bonds. The molecular formula is C14H15BrFNO3. The fourth-order valence-electron chi connectivity index (χ4n) is 2.46. The number of likely N-dealkylation sites (tertiary alicyclic amines) is 1. The van der Waals surface area contributed by atoms with Gasteiger partial charge in [0.15, 0.2) is 0 Å². The van der Waals surface area contributed by atoms with Crippen LogP contribution in [0.2, 0.25) is 0 Å². The second-order valence-corrected chi connectivity index (χ2v) is 5.93. The molecule has 2 rings (SSSR count). The molecule has 0 aliphatic carbocycles. The summed E-state index contributed by atoms with van der Waals surface area (Å²) in [6.07, 6.45) is 1.12. The van der Waals surface area contributed by atoms with E-state index in [1.165, 1.54) is 17.0 Å². The van der Waals surface area contributed by atoms with E-state index < -0.39 is 23.7 Å². The van der Waals surface area contributed by atoms with Crippen molar-refractivity contribution >= 4 is 27.8 Å². The van der Waals surface area contributed by atoms with Crippen LogP contribution < -0.4 is 0 Å². The lowest BCUT2D eigenvalue weighted by molar-refractivity contribution is -0.144. The first-order valence-electron chi connectivity index (χ1n) is 6.39. The van der Waals surface area contributed by atoms with Crippen molar-refractivity contribution in [1.29, 1.82) is 0 Å². The summed E-state index contributed by atoms with van der Waals surface area (Å²) in [6, 6.07) is 3.36. The topological polar surface area (TPSA) is 57.6 Å². The van der Waals surface area contributed by atoms with Crippen molar-refractivity contribution in [2.75, 3.05) is 6.54 Å². The number of nitrogens with zero attached hydrogens (tertiary/aromatic N) is 1. The quantitative estimate of drug-likeness (QED) is 0.898. The molecule has 1 heterocycles. The number of carbonyl (C=O) groups is 2. The SMILES string of the molecule is CC1CCN(C(=O)c2c(F)cccc2Br)C(C(=O)O)C1. The minimum absolute atomic E-state index is 0.103. The zero-order chi connectivity index (χ0) is 14.9. The van der Waals surface area contributed by atoms with Gasteiger partial charge in [0, 0.05) is 11.0 Å². The fraction of sp³-hybridized carbons (Fsp3) is 0.429. The van der Waals surface area contributed by atoms with E-state index in [1.807, 2.05) is 6.92 Å². The normalized spacial score (nSPS) is 22.6. The zero-order valence-corrected chi connectivity index (χ0v) is 12.6. The van der Waals surface area contributed by atoms with Gasteiger partial charge in [-0.25, -0.2) is 9.18 Å². The number of carboxylic acids is 1. The Hall–Kier alpha value is -1.43. The molecule has 1 saturated heterocycles. The number of aliphatic carboxylic acids is 1. The van der Waals surface area contributed by atoms with E-state index in [0.29, 0.717) is 17.4 Å². The Morgan fingerprint density at radius 1 is 1.45 bits per heavy atom. The van der Waals surface area contributed by atoms with Crippen LogP contribution in [-0.2, 0) is 4.79 Å². The van der Waals surface area contributed by atoms with Gasteiger partial charge in [-0.05, 0) is 46.8 Å². The Balaban J connectivity index is 2.34. The van der Waals surface area contributed by atoms with Crippen LogP contribution in [-0.4, -0.2) is 34.5 Å². The second-order valence-electron chi connectivity index (χ2n) is 5.08. The first-order chi connectivity index (χ1) is 9.41. The van der Waals surface area contributed by atoms with Gasteiger partial charge in [0.05, 0.1) is 5.56 Å². The predicted molar refractivity (Wildman–Crippen MR) is 75.0 cm³/mol. The molecule has 20 heavy (non-hydrogen) atoms. The van der Waals surface area contributed by atoms with Gasteiger partial charge in [0.1, 0.15) is 11.9 Å². The van der Waals surface area contributed by atoms with Gasteiger partial charge >= 0.3 is 5.97 Å². The Bertz CT molecular complexity index is 529. The summed E-state index contributed by atoms with van der Waals surface area (Å²) in [5.41, 5.74) is -0.103. The highest BCUT2D eigenvalue weighted by Crippen LogP contribution is 2.27. The number of rotatable bonds is 2. The summed E-state index contributed by atoms with van der Waals surface area (Å²) in [5.74, 6) is -2.03. The van der Waals surface area contributed by atoms with E-state index in [4.69, 9.17) is 0 Å². The van der Waals surface area contributed by atoms with E-state index in [0.717, 1.165) is 6.42 Å². The molecule has 0 radical (unpaired) electrons. The first kappa shape index (κ1) is 15.0. The first-order valence-corrected chi connectivity index (χ1v) is 7.19. The third-order valence-electron chi connectivity index (χ3n) is 3.59. The van der Waals surface area contributed by atoms with Gasteiger partial charge < -0.3 is 10.0 Å². The van der Waals surface area contributed by atoms with Gasteiger partial charge in [0.25, 0.3) is 5.91 Å². The molecule has 1 aliphatic rings. The number of piperidine rings is 1. The minimum Gasteiger partial charge on any atom is -0.480 e. The molecule has 0 saturated carbocycles. The zero-order valence-electron chi connectivity index (χ0n) is 11.0. The third-order valence-corrected chi connectivity index (χ3v) is 4.25. The van der Waals surface area contributed by atoms with Crippen molar-refractivity contribution in [1.82, 2.24) is 4.90 Å². The average molecular weight is 344 g/mol. The van der Waals surface area contributed by atoms with E-state index in [2.05, 4.69) is 15.9 Å². The molecule has 1 aromatic carbocycles. The van der Waals surface area contributed by atoms with Gasteiger partial charge in [-0.1, -0.05) is 13.0 Å². The maximum atomic E-state index is 13.8. The molecule has 0 spiro atoms. The van der Waals surface area contributed by atoms with Crippen molar-refractivity contribution in [3.8, 4) is 0 Å². The van der Waals surface area contributed by atoms with E-state index in [1.54, 1.807) is 6.07 Å². The summed E-state index contributed by atoms with van der Waals surface area (Å²) in [7, 11) is 0. The number of halogens is 2. The Morgan fingerprint density at radius 3 is 2.75 bits per heavy atom. The Kier molecular flexibility index (Phi) is 4.42. The summed E-state index contributed by atoms with van der Waals surface area (Å²) in [6.45, 7) is 2.29. The minimum atomic E-state index is -1.04. The van der Waals surface area contributed by atoms with Crippen LogP contribution in [0.1, 0.15) is 30.1 Å². The molecule has 2 atom stereocenters. The fourth-order valence-corrected chi connectivity index (χ4v) is 2.98. The standard InChI is InChI=1S/C14H15BrFNO3/c1-8-5-6-17(11(7-8)14(19)20)13(18)12-9(15)3-2-4-10(12)16/h2-4,8,11H,5-7H2,1H3,(H,19,20). The number of carboxylic acid groups (broad SMARTS) is 1. The van der Waals surface area contributed by atoms with Gasteiger partial charge in [-0.15, -0.1) is 0 Å². The predicted octanol–water partition coefficient (Wildman–Crippen LogP) is 2.91. The molecule has 4 nitrogen and oxygen atoms in total. The number of hydrogen-bond donors (Lipinski definition) is 1. The molecule has 1 aromatic rings. The molecule has 2 unspecified atom stereocenters. The Morgan fingerprint density at radius 2 is 2.15 bits per heavy atom. The van der Waals surface area contributed by atoms with Crippen LogP contribution in [0.5, 0.6) is 0 Å². The van der Waals surface area contributed by atoms with Gasteiger partial charge in [-0.2, -0.15) is 0 Å². The lowest BCUT2D eigenvalue weighted by Crippen LogP contribution is -2.50.